The summed E-state index contributed by atoms with van der Waals surface area (Å²) < 4.78 is 12.3. The second-order valence-corrected chi connectivity index (χ2v) is 15.6. The first-order valence-electron chi connectivity index (χ1n) is 21.1. The molecule has 1 aliphatic rings. The van der Waals surface area contributed by atoms with E-state index in [1.807, 2.05) is 31.2 Å². The van der Waals surface area contributed by atoms with Gasteiger partial charge in [0, 0.05) is 74.3 Å². The number of carbonyl (C=O) groups excluding carboxylic acids is 5. The van der Waals surface area contributed by atoms with Gasteiger partial charge in [0.2, 0.25) is 11.8 Å². The number of hydrogen-bond donors (Lipinski definition) is 4. The Labute approximate surface area is 354 Å². The molecule has 0 unspecified atom stereocenters. The summed E-state index contributed by atoms with van der Waals surface area (Å²) in [6.07, 6.45) is 3.37. The van der Waals surface area contributed by atoms with Crippen LogP contribution in [0.4, 0.5) is 0 Å². The number of nitriles is 1. The molecule has 4 atom stereocenters. The van der Waals surface area contributed by atoms with Gasteiger partial charge < -0.3 is 36.9 Å². The first kappa shape index (κ1) is 47.3. The van der Waals surface area contributed by atoms with Gasteiger partial charge >= 0.3 is 0 Å². The van der Waals surface area contributed by atoms with E-state index in [0.29, 0.717) is 58.7 Å². The first-order chi connectivity index (χ1) is 28.9. The van der Waals surface area contributed by atoms with Gasteiger partial charge in [-0.1, -0.05) is 50.6 Å². The van der Waals surface area contributed by atoms with Gasteiger partial charge in [0.15, 0.2) is 17.3 Å². The molecule has 0 saturated heterocycles. The summed E-state index contributed by atoms with van der Waals surface area (Å²) in [6.45, 7) is 6.81. The van der Waals surface area contributed by atoms with Gasteiger partial charge in [0.25, 0.3) is 0 Å². The van der Waals surface area contributed by atoms with Crippen molar-refractivity contribution in [1.82, 2.24) is 10.2 Å². The maximum absolute atomic E-state index is 14.8. The van der Waals surface area contributed by atoms with Gasteiger partial charge in [-0.05, 0) is 92.1 Å². The van der Waals surface area contributed by atoms with Crippen molar-refractivity contribution in [2.45, 2.75) is 97.1 Å². The highest BCUT2D eigenvalue weighted by Gasteiger charge is 2.36. The van der Waals surface area contributed by atoms with E-state index in [4.69, 9.17) is 26.7 Å². The van der Waals surface area contributed by atoms with Crippen LogP contribution in [0.5, 0.6) is 11.5 Å². The number of Topliss-reactive ketones (excluding diaryl/α,β-unsaturated/α-hetero) is 3. The molecular weight excluding hydrogens is 761 g/mol. The standard InChI is InChI=1S/C47H62N6O7/c1-5-6-10-33-11-7-13-36(31(33)3)41(55)29-35(12-8-19-48)47(58)53(4)45-34-16-18-44(60-24-22-51)38(28-34)37-26-32(15-17-43(37)59-23-21-50)27-39(40(54)14-9-20-49)52-46(57)30(2)25-42(45)56/h7,11,13,15-18,26,28,30,35,39,45H,5-6,8-10,12,14,19,21-25,27,29,48,50-51H2,1-4H3,(H,52,57)/t30-,35-,39+,45+/m1/s1. The number of ether oxygens (including phenoxy) is 2. The summed E-state index contributed by atoms with van der Waals surface area (Å²) in [5.74, 6) is -2.60. The van der Waals surface area contributed by atoms with Crippen molar-refractivity contribution in [2.24, 2.45) is 29.0 Å². The fourth-order valence-corrected chi connectivity index (χ4v) is 7.76. The van der Waals surface area contributed by atoms with Crippen molar-refractivity contribution in [3.05, 3.63) is 82.4 Å². The lowest BCUT2D eigenvalue weighted by Crippen LogP contribution is -2.45. The molecular formula is C47H62N6O7. The second kappa shape index (κ2) is 23.4. The highest BCUT2D eigenvalue weighted by Crippen LogP contribution is 2.41. The fourth-order valence-electron chi connectivity index (χ4n) is 7.76. The van der Waals surface area contributed by atoms with Gasteiger partial charge in [-0.15, -0.1) is 0 Å². The Morgan fingerprint density at radius 1 is 0.933 bits per heavy atom. The molecule has 0 radical (unpaired) electrons. The molecule has 4 bridgehead atoms. The number of fused-ring (bicyclic) bond motifs is 5. The number of nitrogens with one attached hydrogen (secondary N) is 1. The van der Waals surface area contributed by atoms with E-state index in [2.05, 4.69) is 12.2 Å². The zero-order valence-corrected chi connectivity index (χ0v) is 35.6. The number of ketones is 3. The Balaban J connectivity index is 1.87. The van der Waals surface area contributed by atoms with Gasteiger partial charge in [-0.3, -0.25) is 24.0 Å². The third kappa shape index (κ3) is 12.3. The summed E-state index contributed by atoms with van der Waals surface area (Å²) in [5.41, 5.74) is 22.5. The maximum Gasteiger partial charge on any atom is 0.226 e. The SMILES string of the molecule is CCCCc1cccc(C(=O)C[C@@H](CCCN)C(=O)N(C)[C@@H]2C(=O)C[C@@H](C)C(=O)N[C@H](C(=O)CCC#N)Cc3ccc(OCCN)c(c3)-c3cc2ccc3OCCN)c1C. The van der Waals surface area contributed by atoms with Crippen LogP contribution in [0.2, 0.25) is 0 Å². The van der Waals surface area contributed by atoms with E-state index in [1.54, 1.807) is 50.4 Å². The second-order valence-electron chi connectivity index (χ2n) is 15.6. The molecule has 1 heterocycles. The number of rotatable bonds is 20. The van der Waals surface area contributed by atoms with Crippen molar-refractivity contribution in [3.8, 4) is 28.7 Å². The molecule has 0 fully saturated rings. The number of aryl methyl sites for hydroxylation is 1. The summed E-state index contributed by atoms with van der Waals surface area (Å²) in [5, 5.41) is 12.1. The molecule has 4 rings (SSSR count). The smallest absolute Gasteiger partial charge is 0.226 e. The van der Waals surface area contributed by atoms with E-state index in [0.717, 1.165) is 30.4 Å². The average molecular weight is 823 g/mol. The Bertz CT molecular complexity index is 2030. The average Bonchev–Trinajstić information content (AvgIpc) is 3.24. The number of nitrogens with two attached hydrogens (primary N) is 3. The lowest BCUT2D eigenvalue weighted by Gasteiger charge is -2.32. The minimum atomic E-state index is -1.18. The van der Waals surface area contributed by atoms with E-state index in [-0.39, 0.29) is 70.0 Å². The number of hydrogen-bond acceptors (Lipinski definition) is 11. The Morgan fingerprint density at radius 3 is 2.27 bits per heavy atom. The Morgan fingerprint density at radius 2 is 1.62 bits per heavy atom. The fraction of sp³-hybridized carbons (Fsp3) is 0.489. The zero-order chi connectivity index (χ0) is 43.8. The molecule has 13 nitrogen and oxygen atoms in total. The number of nitrogens with zero attached hydrogens (tertiary/aromatic N) is 2. The Hall–Kier alpha value is -5.42. The molecule has 0 saturated carbocycles. The van der Waals surface area contributed by atoms with Crippen molar-refractivity contribution in [1.29, 1.82) is 5.26 Å². The van der Waals surface area contributed by atoms with Crippen molar-refractivity contribution in [2.75, 3.05) is 39.9 Å². The first-order valence-corrected chi connectivity index (χ1v) is 21.1. The van der Waals surface area contributed by atoms with E-state index < -0.39 is 41.5 Å². The van der Waals surface area contributed by atoms with Crippen LogP contribution >= 0.6 is 0 Å². The molecule has 7 N–H and O–H groups in total. The van der Waals surface area contributed by atoms with Crippen LogP contribution in [0.15, 0.2) is 54.6 Å². The largest absolute Gasteiger partial charge is 0.492 e. The Kier molecular flexibility index (Phi) is 18.4. The number of amides is 2. The van der Waals surface area contributed by atoms with Crippen LogP contribution in [0.1, 0.15) is 104 Å². The lowest BCUT2D eigenvalue weighted by atomic mass is 9.87. The molecule has 3 aromatic carbocycles. The van der Waals surface area contributed by atoms with Gasteiger partial charge in [-0.25, -0.2) is 0 Å². The van der Waals surface area contributed by atoms with Gasteiger partial charge in [0.1, 0.15) is 30.8 Å². The van der Waals surface area contributed by atoms with Crippen LogP contribution in [0.25, 0.3) is 11.1 Å². The predicted molar refractivity (Wildman–Crippen MR) is 231 cm³/mol. The van der Waals surface area contributed by atoms with Crippen LogP contribution in [-0.2, 0) is 32.0 Å². The quantitative estimate of drug-likeness (QED) is 0.107. The van der Waals surface area contributed by atoms with Crippen molar-refractivity contribution < 1.29 is 33.4 Å². The molecule has 1 aliphatic heterocycles. The molecule has 322 valence electrons. The molecule has 13 heteroatoms. The van der Waals surface area contributed by atoms with Crippen LogP contribution < -0.4 is 32.0 Å². The van der Waals surface area contributed by atoms with Crippen LogP contribution in [0, 0.1) is 30.1 Å². The van der Waals surface area contributed by atoms with E-state index in [1.165, 1.54) is 4.90 Å². The van der Waals surface area contributed by atoms with Gasteiger partial charge in [0.05, 0.1) is 12.1 Å². The highest BCUT2D eigenvalue weighted by molar-refractivity contribution is 6.01. The molecule has 3 aromatic rings. The zero-order valence-electron chi connectivity index (χ0n) is 35.6. The summed E-state index contributed by atoms with van der Waals surface area (Å²) >= 11 is 0. The number of carbonyl (C=O) groups is 5. The molecule has 2 amide bonds. The molecule has 0 aromatic heterocycles. The minimum absolute atomic E-state index is 0.0180. The third-order valence-electron chi connectivity index (χ3n) is 11.1. The van der Waals surface area contributed by atoms with Crippen molar-refractivity contribution >= 4 is 29.2 Å². The summed E-state index contributed by atoms with van der Waals surface area (Å²) in [6, 6.07) is 16.2. The molecule has 0 aliphatic carbocycles. The summed E-state index contributed by atoms with van der Waals surface area (Å²) in [7, 11) is 1.55. The molecule has 60 heavy (non-hydrogen) atoms. The normalized spacial score (nSPS) is 17.1. The monoisotopic (exact) mass is 822 g/mol. The number of likely N-dealkylation sites (N-methyl/N-ethyl adjacent to an activating group) is 1. The highest BCUT2D eigenvalue weighted by atomic mass is 16.5. The van der Waals surface area contributed by atoms with Crippen molar-refractivity contribution in [3.63, 3.8) is 0 Å². The summed E-state index contributed by atoms with van der Waals surface area (Å²) in [4.78, 5) is 72.1. The van der Waals surface area contributed by atoms with E-state index in [9.17, 15) is 29.2 Å². The topological polar surface area (TPSA) is 221 Å². The third-order valence-corrected chi connectivity index (χ3v) is 11.1. The van der Waals surface area contributed by atoms with Crippen LogP contribution in [-0.4, -0.2) is 80.0 Å². The van der Waals surface area contributed by atoms with Gasteiger partial charge in [-0.2, -0.15) is 5.26 Å². The van der Waals surface area contributed by atoms with Crippen LogP contribution in [0.3, 0.4) is 0 Å². The number of benzene rings is 3. The lowest BCUT2D eigenvalue weighted by molar-refractivity contribution is -0.142. The maximum atomic E-state index is 14.8. The molecule has 0 spiro atoms. The number of unbranched alkanes of at least 4 members (excludes halogenated alkanes) is 1. The van der Waals surface area contributed by atoms with E-state index >= 15 is 0 Å². The predicted octanol–water partition coefficient (Wildman–Crippen LogP) is 5.32. The minimum Gasteiger partial charge on any atom is -0.492 e.